The fourth-order valence-electron chi connectivity index (χ4n) is 1.65. The summed E-state index contributed by atoms with van der Waals surface area (Å²) in [4.78, 5) is 0. The van der Waals surface area contributed by atoms with Gasteiger partial charge in [0, 0.05) is 0 Å². The predicted octanol–water partition coefficient (Wildman–Crippen LogP) is 3.87. The van der Waals surface area contributed by atoms with Gasteiger partial charge in [-0.2, -0.15) is 0 Å². The fraction of sp³-hybridized carbons (Fsp3) is 0.200. The first-order chi connectivity index (χ1) is 9.95. The Labute approximate surface area is 124 Å². The monoisotopic (exact) mass is 362 g/mol. The van der Waals surface area contributed by atoms with E-state index in [1.165, 1.54) is 0 Å². The van der Waals surface area contributed by atoms with Crippen LogP contribution >= 0.6 is 0 Å². The molecule has 2 aromatic carbocycles. The topological polar surface area (TPSA) is 26.3 Å². The Morgan fingerprint density at radius 3 is 2.05 bits per heavy atom. The molecule has 0 aliphatic rings. The predicted molar refractivity (Wildman–Crippen MR) is 73.4 cm³/mol. The Bertz CT molecular complexity index is 595. The van der Waals surface area contributed by atoms with Gasteiger partial charge in [-0.1, -0.05) is 0 Å². The molecule has 0 spiro atoms. The van der Waals surface area contributed by atoms with Crippen molar-refractivity contribution in [3.63, 3.8) is 0 Å². The molecule has 0 heterocycles. The Balaban J connectivity index is 1.92. The minimum absolute atomic E-state index is 0.334. The van der Waals surface area contributed by atoms with E-state index in [0.717, 1.165) is 11.3 Å². The van der Waals surface area contributed by atoms with Crippen LogP contribution in [0.5, 0.6) is 5.75 Å². The molecule has 0 fully saturated rings. The quantitative estimate of drug-likeness (QED) is 0.756. The zero-order valence-electron chi connectivity index (χ0n) is 11.0. The van der Waals surface area contributed by atoms with Crippen LogP contribution in [0.25, 0.3) is 0 Å². The summed E-state index contributed by atoms with van der Waals surface area (Å²) in [5.74, 6) is 0.727. The van der Waals surface area contributed by atoms with Gasteiger partial charge >= 0.3 is 124 Å². The van der Waals surface area contributed by atoms with Gasteiger partial charge in [0.15, 0.2) is 0 Å². The van der Waals surface area contributed by atoms with Crippen molar-refractivity contribution in [1.29, 1.82) is 0 Å². The second-order valence-electron chi connectivity index (χ2n) is 4.35. The SMILES string of the molecule is O=[Se](Cc1ccc(COc2ccccc2)cc1)C(F)(F)F. The Morgan fingerprint density at radius 2 is 1.48 bits per heavy atom. The molecule has 1 atom stereocenters. The first-order valence-corrected chi connectivity index (χ1v) is 8.93. The second-order valence-corrected chi connectivity index (χ2v) is 7.38. The van der Waals surface area contributed by atoms with E-state index in [1.807, 2.05) is 30.3 Å². The number of benzene rings is 2. The summed E-state index contributed by atoms with van der Waals surface area (Å²) in [6.07, 6.45) is 0. The number of hydrogen-bond donors (Lipinski definition) is 0. The van der Waals surface area contributed by atoms with E-state index in [-0.39, 0.29) is 0 Å². The van der Waals surface area contributed by atoms with Crippen LogP contribution in [0, 0.1) is 0 Å². The summed E-state index contributed by atoms with van der Waals surface area (Å²) in [7, 11) is 0. The standard InChI is InChI=1S/C15H13F3O2Se/c16-15(17,18)21(19)11-13-8-6-12(7-9-13)10-20-14-4-2-1-3-5-14/h1-9H,10-11H2. The molecule has 0 bridgehead atoms. The minimum atomic E-state index is -4.57. The first kappa shape index (κ1) is 15.7. The van der Waals surface area contributed by atoms with Crippen molar-refractivity contribution in [3.8, 4) is 5.75 Å². The fourth-order valence-corrected chi connectivity index (χ4v) is 3.03. The third kappa shape index (κ3) is 4.99. The summed E-state index contributed by atoms with van der Waals surface area (Å²) in [6, 6.07) is 15.7. The van der Waals surface area contributed by atoms with Crippen molar-refractivity contribution in [2.75, 3.05) is 0 Å². The van der Waals surface area contributed by atoms with Crippen molar-refractivity contribution in [2.45, 2.75) is 17.0 Å². The Hall–Kier alpha value is -1.65. The normalized spacial score (nSPS) is 12.9. The number of halogens is 3. The van der Waals surface area contributed by atoms with E-state index >= 15 is 0 Å². The van der Waals surface area contributed by atoms with Crippen molar-refractivity contribution >= 4 is 13.8 Å². The van der Waals surface area contributed by atoms with E-state index in [4.69, 9.17) is 4.74 Å². The molecule has 0 aliphatic carbocycles. The van der Waals surface area contributed by atoms with Crippen LogP contribution in [0.3, 0.4) is 0 Å². The van der Waals surface area contributed by atoms with Crippen LogP contribution in [0.2, 0.25) is 0 Å². The maximum absolute atomic E-state index is 12.2. The molecular weight excluding hydrogens is 348 g/mol. The number of ether oxygens (including phenoxy) is 1. The molecule has 1 unspecified atom stereocenters. The number of hydrogen-bond acceptors (Lipinski definition) is 2. The average Bonchev–Trinajstić information content (AvgIpc) is 2.46. The third-order valence-corrected chi connectivity index (χ3v) is 5.06. The molecule has 0 saturated carbocycles. The molecular formula is C15H13F3O2Se. The van der Waals surface area contributed by atoms with E-state index < -0.39 is 24.2 Å². The molecule has 2 aromatic rings. The molecule has 2 rings (SSSR count). The van der Waals surface area contributed by atoms with Crippen LogP contribution in [-0.2, 0) is 15.8 Å². The van der Waals surface area contributed by atoms with E-state index in [1.54, 1.807) is 24.3 Å². The van der Waals surface area contributed by atoms with Gasteiger partial charge in [0.25, 0.3) is 0 Å². The van der Waals surface area contributed by atoms with E-state index in [2.05, 4.69) is 0 Å². The number of alkyl halides is 3. The summed E-state index contributed by atoms with van der Waals surface area (Å²) in [6.45, 7) is 0.334. The first-order valence-electron chi connectivity index (χ1n) is 6.16. The molecule has 0 radical (unpaired) electrons. The van der Waals surface area contributed by atoms with Gasteiger partial charge in [-0.15, -0.1) is 0 Å². The summed E-state index contributed by atoms with van der Waals surface area (Å²) in [5, 5.41) is -5.00. The number of para-hydroxylation sites is 1. The average molecular weight is 361 g/mol. The van der Waals surface area contributed by atoms with Crippen molar-refractivity contribution in [3.05, 3.63) is 65.7 Å². The Kier molecular flexibility index (Phi) is 5.15. The third-order valence-electron chi connectivity index (χ3n) is 2.73. The molecule has 112 valence electrons. The van der Waals surface area contributed by atoms with Crippen molar-refractivity contribution in [2.24, 2.45) is 0 Å². The van der Waals surface area contributed by atoms with Crippen LogP contribution in [0.1, 0.15) is 11.1 Å². The molecule has 21 heavy (non-hydrogen) atoms. The zero-order chi connectivity index (χ0) is 15.3. The Morgan fingerprint density at radius 1 is 0.905 bits per heavy atom. The van der Waals surface area contributed by atoms with E-state index in [9.17, 15) is 17.0 Å². The van der Waals surface area contributed by atoms with Crippen molar-refractivity contribution in [1.82, 2.24) is 0 Å². The van der Waals surface area contributed by atoms with Gasteiger partial charge in [0.1, 0.15) is 0 Å². The van der Waals surface area contributed by atoms with Gasteiger partial charge in [-0.3, -0.25) is 0 Å². The van der Waals surface area contributed by atoms with Gasteiger partial charge in [0.2, 0.25) is 0 Å². The van der Waals surface area contributed by atoms with Gasteiger partial charge < -0.3 is 0 Å². The molecule has 0 aromatic heterocycles. The van der Waals surface area contributed by atoms with Crippen LogP contribution < -0.4 is 4.74 Å². The number of rotatable bonds is 5. The van der Waals surface area contributed by atoms with Crippen molar-refractivity contribution < 1.29 is 21.7 Å². The van der Waals surface area contributed by atoms with Crippen LogP contribution in [0.15, 0.2) is 54.6 Å². The molecule has 0 aliphatic heterocycles. The van der Waals surface area contributed by atoms with Gasteiger partial charge in [-0.05, 0) is 0 Å². The molecule has 2 nitrogen and oxygen atoms in total. The maximum atomic E-state index is 12.2. The van der Waals surface area contributed by atoms with Crippen LogP contribution in [0.4, 0.5) is 13.2 Å². The molecule has 6 heteroatoms. The summed E-state index contributed by atoms with van der Waals surface area (Å²) < 4.78 is 53.4. The summed E-state index contributed by atoms with van der Waals surface area (Å²) >= 11 is -3.84. The molecule has 0 N–H and O–H groups in total. The second kappa shape index (κ2) is 6.87. The van der Waals surface area contributed by atoms with Gasteiger partial charge in [-0.25, -0.2) is 0 Å². The zero-order valence-corrected chi connectivity index (χ0v) is 12.7. The van der Waals surface area contributed by atoms with E-state index in [0.29, 0.717) is 12.2 Å². The van der Waals surface area contributed by atoms with Crippen LogP contribution in [-0.4, -0.2) is 18.9 Å². The summed E-state index contributed by atoms with van der Waals surface area (Å²) in [5.41, 5.74) is 1.27. The van der Waals surface area contributed by atoms with Gasteiger partial charge in [0.05, 0.1) is 0 Å². The molecule has 0 amide bonds. The molecule has 0 saturated heterocycles.